The van der Waals surface area contributed by atoms with E-state index in [1.807, 2.05) is 79.8 Å². The van der Waals surface area contributed by atoms with Crippen molar-refractivity contribution in [2.24, 2.45) is 0 Å². The number of carbonyl (C=O) groups excluding carboxylic acids is 1. The molecule has 2 N–H and O–H groups in total. The van der Waals surface area contributed by atoms with Gasteiger partial charge >= 0.3 is 0 Å². The third-order valence-corrected chi connectivity index (χ3v) is 14.5. The lowest BCUT2D eigenvalue weighted by atomic mass is 9.99. The van der Waals surface area contributed by atoms with Crippen LogP contribution in [0.3, 0.4) is 0 Å². The molecule has 1 aliphatic heterocycles. The molecule has 0 aliphatic carbocycles. The maximum Gasteiger partial charge on any atom is 0.264 e. The van der Waals surface area contributed by atoms with Gasteiger partial charge in [0.2, 0.25) is 0 Å². The molecule has 1 fully saturated rings. The molecule has 5 aromatic carbocycles. The van der Waals surface area contributed by atoms with E-state index in [-0.39, 0.29) is 21.4 Å². The molecular formula is C45H52ClN5O5S3. The third-order valence-electron chi connectivity index (χ3n) is 10.6. The molecular weight excluding hydrogens is 822 g/mol. The van der Waals surface area contributed by atoms with Crippen molar-refractivity contribution >= 4 is 60.5 Å². The number of hydrogen-bond acceptors (Lipinski definition) is 10. The van der Waals surface area contributed by atoms with Crippen LogP contribution < -0.4 is 14.9 Å². The predicted molar refractivity (Wildman–Crippen MR) is 242 cm³/mol. The fraction of sp³-hybridized carbons (Fsp3) is 0.311. The van der Waals surface area contributed by atoms with Crippen LogP contribution in [0.2, 0.25) is 5.02 Å². The Morgan fingerprint density at radius 3 is 2.15 bits per heavy atom. The second-order valence-corrected chi connectivity index (χ2v) is 20.4. The number of amides is 1. The van der Waals surface area contributed by atoms with Crippen LogP contribution in [0.25, 0.3) is 11.1 Å². The van der Waals surface area contributed by atoms with Crippen LogP contribution in [-0.2, 0) is 26.4 Å². The zero-order valence-electron chi connectivity index (χ0n) is 33.8. The molecule has 59 heavy (non-hydrogen) atoms. The van der Waals surface area contributed by atoms with Gasteiger partial charge in [-0.1, -0.05) is 66.2 Å². The first-order chi connectivity index (χ1) is 28.2. The molecule has 5 aromatic rings. The summed E-state index contributed by atoms with van der Waals surface area (Å²) in [5.41, 5.74) is 4.97. The van der Waals surface area contributed by atoms with Gasteiger partial charge in [0.1, 0.15) is 0 Å². The molecule has 0 bridgehead atoms. The molecule has 1 amide bonds. The van der Waals surface area contributed by atoms with Crippen molar-refractivity contribution in [1.82, 2.24) is 14.5 Å². The minimum Gasteiger partial charge on any atom is -0.380 e. The van der Waals surface area contributed by atoms with Crippen molar-refractivity contribution in [2.45, 2.75) is 53.6 Å². The minimum atomic E-state index is -4.42. The number of sulfonamides is 1. The second-order valence-electron chi connectivity index (χ2n) is 15.2. The molecule has 0 spiro atoms. The number of carbonyl (C=O) groups is 1. The van der Waals surface area contributed by atoms with Crippen LogP contribution >= 0.6 is 23.4 Å². The maximum atomic E-state index is 13.5. The molecule has 1 atom stereocenters. The highest BCUT2D eigenvalue weighted by atomic mass is 35.5. The number of nitrogens with zero attached hydrogens (tertiary/aromatic N) is 3. The highest BCUT2D eigenvalue weighted by Gasteiger charge is 2.25. The van der Waals surface area contributed by atoms with Gasteiger partial charge in [-0.05, 0) is 111 Å². The first-order valence-electron chi connectivity index (χ1n) is 19.6. The topological polar surface area (TPSA) is 119 Å². The molecule has 10 nitrogen and oxygen atoms in total. The fourth-order valence-electron chi connectivity index (χ4n) is 6.88. The number of nitrogens with one attached hydrogen (secondary N) is 2. The first kappa shape index (κ1) is 44.2. The smallest absolute Gasteiger partial charge is 0.264 e. The van der Waals surface area contributed by atoms with Gasteiger partial charge < -0.3 is 15.1 Å². The number of halogens is 1. The molecule has 1 aliphatic rings. The van der Waals surface area contributed by atoms with E-state index < -0.39 is 25.8 Å². The SMILES string of the molecule is CC(C)N(C)CC[C@H](CSc1ccccc1)Nc1ccc(S(=O)(=O)NC(=O)c2ccc(N3CCN(Cc4ccccc4-c4ccc(Cl)cc4)CC3)cc2)cc1S(C)(=O)=O. The van der Waals surface area contributed by atoms with Crippen LogP contribution in [0.1, 0.15) is 36.2 Å². The first-order valence-corrected chi connectivity index (χ1v) is 24.4. The molecule has 0 unspecified atom stereocenters. The zero-order chi connectivity index (χ0) is 42.2. The normalized spacial score (nSPS) is 14.4. The predicted octanol–water partition coefficient (Wildman–Crippen LogP) is 8.15. The van der Waals surface area contributed by atoms with Crippen molar-refractivity contribution in [1.29, 1.82) is 0 Å². The number of benzene rings is 5. The molecule has 0 radical (unpaired) electrons. The number of hydrogen-bond donors (Lipinski definition) is 2. The quantitative estimate of drug-likeness (QED) is 0.0887. The van der Waals surface area contributed by atoms with Crippen molar-refractivity contribution in [3.05, 3.63) is 137 Å². The Morgan fingerprint density at radius 2 is 1.49 bits per heavy atom. The molecule has 0 aromatic heterocycles. The maximum absolute atomic E-state index is 13.5. The summed E-state index contributed by atoms with van der Waals surface area (Å²) in [5.74, 6) is -0.151. The van der Waals surface area contributed by atoms with E-state index in [1.54, 1.807) is 23.9 Å². The summed E-state index contributed by atoms with van der Waals surface area (Å²) >= 11 is 7.79. The average molecular weight is 875 g/mol. The van der Waals surface area contributed by atoms with Crippen LogP contribution in [0.4, 0.5) is 11.4 Å². The van der Waals surface area contributed by atoms with E-state index in [4.69, 9.17) is 11.6 Å². The lowest BCUT2D eigenvalue weighted by Crippen LogP contribution is -2.46. The van der Waals surface area contributed by atoms with Gasteiger partial charge in [0.05, 0.1) is 15.5 Å². The lowest BCUT2D eigenvalue weighted by molar-refractivity contribution is 0.0981. The fourth-order valence-corrected chi connectivity index (χ4v) is 9.94. The Hall–Kier alpha value is -4.37. The Kier molecular flexibility index (Phi) is 14.8. The molecule has 312 valence electrons. The van der Waals surface area contributed by atoms with Gasteiger partial charge in [0.15, 0.2) is 9.84 Å². The molecule has 0 saturated carbocycles. The summed E-state index contributed by atoms with van der Waals surface area (Å²) in [6.45, 7) is 9.10. The molecule has 6 rings (SSSR count). The average Bonchev–Trinajstić information content (AvgIpc) is 3.22. The standard InChI is InChI=1S/C45H52ClN5O5S3/c1-33(2)49(3)25-24-38(32-57-40-11-6-5-7-12-40)47-43-23-22-41(30-44(43)58(4,53)54)59(55,56)48-45(52)35-16-20-39(21-17-35)51-28-26-50(27-29-51)31-36-10-8-9-13-42(36)34-14-18-37(46)19-15-34/h5-23,30,33,38,47H,24-29,31-32H2,1-4H3,(H,48,52)/t38-/m1/s1. The largest absolute Gasteiger partial charge is 0.380 e. The Labute approximate surface area is 358 Å². The molecule has 14 heteroatoms. The summed E-state index contributed by atoms with van der Waals surface area (Å²) in [7, 11) is -6.25. The highest BCUT2D eigenvalue weighted by molar-refractivity contribution is 7.99. The summed E-state index contributed by atoms with van der Waals surface area (Å²) < 4.78 is 55.4. The Bertz CT molecular complexity index is 2410. The number of piperazine rings is 1. The Balaban J connectivity index is 1.08. The number of rotatable bonds is 17. The van der Waals surface area contributed by atoms with Crippen molar-refractivity contribution < 1.29 is 21.6 Å². The number of sulfone groups is 1. The van der Waals surface area contributed by atoms with Gasteiger partial charge in [0, 0.05) is 84.5 Å². The zero-order valence-corrected chi connectivity index (χ0v) is 37.0. The molecule has 1 heterocycles. The monoisotopic (exact) mass is 873 g/mol. The van der Waals surface area contributed by atoms with Gasteiger partial charge in [-0.2, -0.15) is 0 Å². The van der Waals surface area contributed by atoms with Gasteiger partial charge in [0.25, 0.3) is 15.9 Å². The van der Waals surface area contributed by atoms with E-state index in [2.05, 4.69) is 56.8 Å². The Morgan fingerprint density at radius 1 is 0.831 bits per heavy atom. The number of anilines is 2. The lowest BCUT2D eigenvalue weighted by Gasteiger charge is -2.36. The van der Waals surface area contributed by atoms with E-state index in [9.17, 15) is 21.6 Å². The van der Waals surface area contributed by atoms with Gasteiger partial charge in [-0.15, -0.1) is 11.8 Å². The number of thioether (sulfide) groups is 1. The van der Waals surface area contributed by atoms with Crippen LogP contribution in [-0.4, -0.2) is 96.4 Å². The van der Waals surface area contributed by atoms with Crippen LogP contribution in [0.5, 0.6) is 0 Å². The van der Waals surface area contributed by atoms with Gasteiger partial charge in [-0.25, -0.2) is 21.6 Å². The molecule has 1 saturated heterocycles. The van der Waals surface area contributed by atoms with Crippen LogP contribution in [0.15, 0.2) is 136 Å². The van der Waals surface area contributed by atoms with Gasteiger partial charge in [-0.3, -0.25) is 9.69 Å². The summed E-state index contributed by atoms with van der Waals surface area (Å²) in [6, 6.07) is 37.2. The third kappa shape index (κ3) is 12.1. The minimum absolute atomic E-state index is 0.126. The van der Waals surface area contributed by atoms with Crippen molar-refractivity contribution in [2.75, 3.05) is 62.0 Å². The van der Waals surface area contributed by atoms with E-state index >= 15 is 0 Å². The van der Waals surface area contributed by atoms with Crippen LogP contribution in [0, 0.1) is 0 Å². The van der Waals surface area contributed by atoms with E-state index in [1.165, 1.54) is 23.3 Å². The summed E-state index contributed by atoms with van der Waals surface area (Å²) in [6.07, 6.45) is 1.77. The van der Waals surface area contributed by atoms with E-state index in [0.29, 0.717) is 22.5 Å². The summed E-state index contributed by atoms with van der Waals surface area (Å²) in [4.78, 5) is 20.8. The highest BCUT2D eigenvalue weighted by Crippen LogP contribution is 2.30. The van der Waals surface area contributed by atoms with E-state index in [0.717, 1.165) is 74.2 Å². The second kappa shape index (κ2) is 19.8. The van der Waals surface area contributed by atoms with Crippen molar-refractivity contribution in [3.63, 3.8) is 0 Å². The summed E-state index contributed by atoms with van der Waals surface area (Å²) in [5, 5.41) is 4.11. The van der Waals surface area contributed by atoms with Crippen molar-refractivity contribution in [3.8, 4) is 11.1 Å².